The molecule has 0 saturated carbocycles. The number of benzene rings is 2. The van der Waals surface area contributed by atoms with E-state index in [9.17, 15) is 14.7 Å². The zero-order valence-corrected chi connectivity index (χ0v) is 13.6. The van der Waals surface area contributed by atoms with Crippen LogP contribution in [0.2, 0.25) is 0 Å². The van der Waals surface area contributed by atoms with Crippen LogP contribution in [0.5, 0.6) is 0 Å². The van der Waals surface area contributed by atoms with Gasteiger partial charge in [-0.25, -0.2) is 4.79 Å². The maximum Gasteiger partial charge on any atom is 0.330 e. The van der Waals surface area contributed by atoms with Crippen LogP contribution in [0.4, 0.5) is 0 Å². The van der Waals surface area contributed by atoms with E-state index in [4.69, 9.17) is 0 Å². The topological polar surface area (TPSA) is 66.4 Å². The lowest BCUT2D eigenvalue weighted by molar-refractivity contribution is -0.141. The third-order valence-corrected chi connectivity index (χ3v) is 3.61. The summed E-state index contributed by atoms with van der Waals surface area (Å²) < 4.78 is 0. The van der Waals surface area contributed by atoms with Crippen LogP contribution in [-0.2, 0) is 16.0 Å². The summed E-state index contributed by atoms with van der Waals surface area (Å²) in [4.78, 5) is 23.7. The summed E-state index contributed by atoms with van der Waals surface area (Å²) in [6.45, 7) is 5.79. The van der Waals surface area contributed by atoms with Crippen molar-refractivity contribution in [2.75, 3.05) is 0 Å². The van der Waals surface area contributed by atoms with Crippen LogP contribution >= 0.6 is 0 Å². The van der Waals surface area contributed by atoms with Crippen molar-refractivity contribution in [1.82, 2.24) is 5.32 Å². The standard InChI is InChI=1S/C19H21NO3/c1-12-4-6-15(7-5-12)11-17(21)20-18(19(22)23)16-9-13(2)8-14(3)10-16/h4-10,18H,11H2,1-3H3,(H,20,21)(H,22,23). The Bertz CT molecular complexity index is 700. The molecular weight excluding hydrogens is 290 g/mol. The van der Waals surface area contributed by atoms with Gasteiger partial charge in [0.05, 0.1) is 6.42 Å². The molecule has 120 valence electrons. The van der Waals surface area contributed by atoms with E-state index in [0.717, 1.165) is 22.3 Å². The van der Waals surface area contributed by atoms with Crippen molar-refractivity contribution in [2.24, 2.45) is 0 Å². The minimum absolute atomic E-state index is 0.162. The van der Waals surface area contributed by atoms with E-state index in [2.05, 4.69) is 5.32 Å². The van der Waals surface area contributed by atoms with Gasteiger partial charge in [-0.2, -0.15) is 0 Å². The van der Waals surface area contributed by atoms with Gasteiger partial charge in [-0.1, -0.05) is 59.2 Å². The number of aliphatic carboxylic acids is 1. The summed E-state index contributed by atoms with van der Waals surface area (Å²) in [5.74, 6) is -1.37. The molecule has 4 heteroatoms. The monoisotopic (exact) mass is 311 g/mol. The zero-order chi connectivity index (χ0) is 17.0. The molecule has 0 saturated heterocycles. The Kier molecular flexibility index (Phi) is 5.16. The van der Waals surface area contributed by atoms with E-state index in [0.29, 0.717) is 5.56 Å². The van der Waals surface area contributed by atoms with Crippen molar-refractivity contribution in [3.8, 4) is 0 Å². The van der Waals surface area contributed by atoms with E-state index in [-0.39, 0.29) is 12.3 Å². The first-order chi connectivity index (χ1) is 10.8. The van der Waals surface area contributed by atoms with Gasteiger partial charge in [0.15, 0.2) is 6.04 Å². The summed E-state index contributed by atoms with van der Waals surface area (Å²) in [6.07, 6.45) is 0.162. The summed E-state index contributed by atoms with van der Waals surface area (Å²) in [5.41, 5.74) is 4.51. The van der Waals surface area contributed by atoms with Gasteiger partial charge in [0.25, 0.3) is 0 Å². The minimum atomic E-state index is -1.06. The van der Waals surface area contributed by atoms with Crippen molar-refractivity contribution >= 4 is 11.9 Å². The first-order valence-electron chi connectivity index (χ1n) is 7.51. The number of hydrogen-bond donors (Lipinski definition) is 2. The third kappa shape index (κ3) is 4.68. The van der Waals surface area contributed by atoms with Gasteiger partial charge >= 0.3 is 5.97 Å². The van der Waals surface area contributed by atoms with E-state index >= 15 is 0 Å². The molecule has 2 N–H and O–H groups in total. The minimum Gasteiger partial charge on any atom is -0.479 e. The fourth-order valence-corrected chi connectivity index (χ4v) is 2.57. The van der Waals surface area contributed by atoms with Gasteiger partial charge in [-0.15, -0.1) is 0 Å². The van der Waals surface area contributed by atoms with E-state index in [1.165, 1.54) is 0 Å². The van der Waals surface area contributed by atoms with Gasteiger partial charge < -0.3 is 10.4 Å². The average Bonchev–Trinajstić information content (AvgIpc) is 2.46. The molecule has 2 rings (SSSR count). The Morgan fingerprint density at radius 3 is 2.04 bits per heavy atom. The molecule has 0 aliphatic carbocycles. The van der Waals surface area contributed by atoms with Crippen LogP contribution < -0.4 is 5.32 Å². The summed E-state index contributed by atoms with van der Waals surface area (Å²) in [5, 5.41) is 12.1. The first-order valence-corrected chi connectivity index (χ1v) is 7.51. The van der Waals surface area contributed by atoms with E-state index in [1.807, 2.05) is 51.1 Å². The normalized spacial score (nSPS) is 11.8. The number of carbonyl (C=O) groups is 2. The number of aryl methyl sites for hydroxylation is 3. The Morgan fingerprint density at radius 2 is 1.52 bits per heavy atom. The van der Waals surface area contributed by atoms with Crippen LogP contribution in [0, 0.1) is 20.8 Å². The van der Waals surface area contributed by atoms with Crippen molar-refractivity contribution in [3.05, 3.63) is 70.3 Å². The maximum absolute atomic E-state index is 12.2. The van der Waals surface area contributed by atoms with Crippen molar-refractivity contribution in [1.29, 1.82) is 0 Å². The maximum atomic E-state index is 12.2. The molecule has 0 bridgehead atoms. The highest BCUT2D eigenvalue weighted by atomic mass is 16.4. The zero-order valence-electron chi connectivity index (χ0n) is 13.6. The molecule has 0 fully saturated rings. The van der Waals surface area contributed by atoms with Crippen molar-refractivity contribution < 1.29 is 14.7 Å². The SMILES string of the molecule is Cc1ccc(CC(=O)NC(C(=O)O)c2cc(C)cc(C)c2)cc1. The lowest BCUT2D eigenvalue weighted by Crippen LogP contribution is -2.34. The number of carboxylic acids is 1. The molecule has 1 unspecified atom stereocenters. The molecule has 0 aliphatic rings. The Hall–Kier alpha value is -2.62. The second-order valence-electron chi connectivity index (χ2n) is 5.92. The number of rotatable bonds is 5. The molecule has 2 aromatic rings. The lowest BCUT2D eigenvalue weighted by atomic mass is 10.0. The molecule has 2 aromatic carbocycles. The highest BCUT2D eigenvalue weighted by Crippen LogP contribution is 2.18. The molecule has 0 spiro atoms. The van der Waals surface area contributed by atoms with E-state index < -0.39 is 12.0 Å². The quantitative estimate of drug-likeness (QED) is 0.891. The summed E-state index contributed by atoms with van der Waals surface area (Å²) in [7, 11) is 0. The number of nitrogens with one attached hydrogen (secondary N) is 1. The molecule has 23 heavy (non-hydrogen) atoms. The highest BCUT2D eigenvalue weighted by molar-refractivity contribution is 5.85. The van der Waals surface area contributed by atoms with Gasteiger partial charge in [0, 0.05) is 0 Å². The molecule has 0 radical (unpaired) electrons. The average molecular weight is 311 g/mol. The number of hydrogen-bond acceptors (Lipinski definition) is 2. The molecule has 0 aliphatic heterocycles. The molecular formula is C19H21NO3. The largest absolute Gasteiger partial charge is 0.479 e. The summed E-state index contributed by atoms with van der Waals surface area (Å²) in [6, 6.07) is 12.1. The van der Waals surface area contributed by atoms with Crippen molar-refractivity contribution in [2.45, 2.75) is 33.2 Å². The van der Waals surface area contributed by atoms with Crippen LogP contribution in [0.25, 0.3) is 0 Å². The van der Waals surface area contributed by atoms with Crippen LogP contribution in [0.15, 0.2) is 42.5 Å². The number of carboxylic acid groups (broad SMARTS) is 1. The molecule has 1 atom stereocenters. The molecule has 0 heterocycles. The second kappa shape index (κ2) is 7.09. The number of amides is 1. The molecule has 4 nitrogen and oxygen atoms in total. The Labute approximate surface area is 136 Å². The fourth-order valence-electron chi connectivity index (χ4n) is 2.57. The molecule has 0 aromatic heterocycles. The predicted molar refractivity (Wildman–Crippen MR) is 89.3 cm³/mol. The predicted octanol–water partition coefficient (Wildman–Crippen LogP) is 3.10. The highest BCUT2D eigenvalue weighted by Gasteiger charge is 2.22. The van der Waals surface area contributed by atoms with Crippen LogP contribution in [0.3, 0.4) is 0 Å². The molecule has 1 amide bonds. The fraction of sp³-hybridized carbons (Fsp3) is 0.263. The van der Waals surface area contributed by atoms with Gasteiger partial charge in [0.1, 0.15) is 0 Å². The third-order valence-electron chi connectivity index (χ3n) is 3.61. The Morgan fingerprint density at radius 1 is 0.957 bits per heavy atom. The Balaban J connectivity index is 2.14. The van der Waals surface area contributed by atoms with Gasteiger partial charge in [-0.05, 0) is 31.9 Å². The first kappa shape index (κ1) is 16.7. The van der Waals surface area contributed by atoms with E-state index in [1.54, 1.807) is 12.1 Å². The van der Waals surface area contributed by atoms with Crippen LogP contribution in [-0.4, -0.2) is 17.0 Å². The smallest absolute Gasteiger partial charge is 0.330 e. The summed E-state index contributed by atoms with van der Waals surface area (Å²) >= 11 is 0. The lowest BCUT2D eigenvalue weighted by Gasteiger charge is -2.16. The van der Waals surface area contributed by atoms with Crippen LogP contribution in [0.1, 0.15) is 33.9 Å². The van der Waals surface area contributed by atoms with Crippen molar-refractivity contribution in [3.63, 3.8) is 0 Å². The second-order valence-corrected chi connectivity index (χ2v) is 5.92. The van der Waals surface area contributed by atoms with Gasteiger partial charge in [-0.3, -0.25) is 4.79 Å². The van der Waals surface area contributed by atoms with Gasteiger partial charge in [0.2, 0.25) is 5.91 Å². The number of carbonyl (C=O) groups excluding carboxylic acids is 1.